The van der Waals surface area contributed by atoms with E-state index in [4.69, 9.17) is 24.2 Å². The molecule has 0 radical (unpaired) electrons. The van der Waals surface area contributed by atoms with Crippen LogP contribution in [-0.2, 0) is 41.6 Å². The quantitative estimate of drug-likeness (QED) is 0.0480. The Morgan fingerprint density at radius 1 is 1.09 bits per heavy atom. The van der Waals surface area contributed by atoms with Crippen molar-refractivity contribution in [3.63, 3.8) is 0 Å². The van der Waals surface area contributed by atoms with Crippen LogP contribution in [0.15, 0.2) is 60.4 Å². The predicted octanol–water partition coefficient (Wildman–Crippen LogP) is 7.02. The van der Waals surface area contributed by atoms with Crippen LogP contribution in [-0.4, -0.2) is 116 Å². The number of amides is 3. The van der Waals surface area contributed by atoms with E-state index >= 15 is 0 Å². The molecule has 0 aliphatic carbocycles. The van der Waals surface area contributed by atoms with Gasteiger partial charge in [-0.25, -0.2) is 0 Å². The number of ether oxygens (including phenoxy) is 3. The second-order valence-electron chi connectivity index (χ2n) is 18.2. The number of benzene rings is 1. The third-order valence-corrected chi connectivity index (χ3v) is 20.8. The fraction of sp³-hybridized carbons (Fsp3) is 0.500. The molecule has 3 saturated heterocycles. The molecule has 18 heteroatoms. The first-order valence-corrected chi connectivity index (χ1v) is 27.2. The number of carbonyl (C=O) groups is 4. The fourth-order valence-electron chi connectivity index (χ4n) is 9.47. The molecule has 5 aromatic rings. The molecule has 1 aromatic carbocycles. The van der Waals surface area contributed by atoms with Gasteiger partial charge < -0.3 is 9.30 Å². The summed E-state index contributed by atoms with van der Waals surface area (Å²) >= 11 is -1.09. The summed E-state index contributed by atoms with van der Waals surface area (Å²) in [7, 11) is 1.69. The number of hydrogen-bond acceptors (Lipinski definition) is 13. The topological polar surface area (TPSA) is 183 Å². The van der Waals surface area contributed by atoms with Gasteiger partial charge in [-0.1, -0.05) is 13.8 Å². The molecule has 4 aromatic heterocycles. The second-order valence-corrected chi connectivity index (χ2v) is 25.3. The van der Waals surface area contributed by atoms with Gasteiger partial charge in [0, 0.05) is 25.4 Å². The minimum atomic E-state index is -2.46. The maximum atomic E-state index is 14.9. The van der Waals surface area contributed by atoms with Crippen LogP contribution in [0, 0.1) is 5.41 Å². The van der Waals surface area contributed by atoms with E-state index in [0.29, 0.717) is 62.0 Å². The third-order valence-electron chi connectivity index (χ3n) is 13.1. The molecule has 4 aliphatic rings. The van der Waals surface area contributed by atoms with Crippen LogP contribution in [0.3, 0.4) is 0 Å². The Hall–Kier alpha value is -4.89. The van der Waals surface area contributed by atoms with Crippen molar-refractivity contribution >= 4 is 63.8 Å². The van der Waals surface area contributed by atoms with Crippen molar-refractivity contribution in [2.75, 3.05) is 40.0 Å². The van der Waals surface area contributed by atoms with Gasteiger partial charge in [0.15, 0.2) is 0 Å². The molecular formula is C48H58IN9O7S. The Kier molecular flexibility index (Phi) is 13.3. The van der Waals surface area contributed by atoms with E-state index in [2.05, 4.69) is 70.3 Å². The van der Waals surface area contributed by atoms with Crippen LogP contribution in [0.2, 0.25) is 0 Å². The number of esters is 1. The van der Waals surface area contributed by atoms with Gasteiger partial charge in [-0.15, -0.1) is 0 Å². The van der Waals surface area contributed by atoms with Crippen LogP contribution < -0.4 is 10.7 Å². The van der Waals surface area contributed by atoms with Gasteiger partial charge in [0.2, 0.25) is 0 Å². The molecule has 4 aliphatic heterocycles. The number of methoxy groups -OCH3 is 1. The zero-order valence-electron chi connectivity index (χ0n) is 38.5. The number of hydrazine groups is 1. The van der Waals surface area contributed by atoms with Crippen molar-refractivity contribution in [2.24, 2.45) is 5.41 Å². The first-order chi connectivity index (χ1) is 31.8. The van der Waals surface area contributed by atoms with Crippen molar-refractivity contribution in [1.82, 2.24) is 45.2 Å². The Balaban J connectivity index is 1.08. The molecule has 66 heavy (non-hydrogen) atoms. The first kappa shape index (κ1) is 46.2. The summed E-state index contributed by atoms with van der Waals surface area (Å²) in [4.78, 5) is 77.6. The Morgan fingerprint density at radius 2 is 1.86 bits per heavy atom. The van der Waals surface area contributed by atoms with Crippen molar-refractivity contribution in [3.05, 3.63) is 82.5 Å². The summed E-state index contributed by atoms with van der Waals surface area (Å²) in [6, 6.07) is 10.2. The molecule has 350 valence electrons. The number of pyridine rings is 1. The summed E-state index contributed by atoms with van der Waals surface area (Å²) in [5.41, 5.74) is 9.23. The number of aryl methyl sites for hydroxylation is 1. The predicted molar refractivity (Wildman–Crippen MR) is 259 cm³/mol. The number of rotatable bonds is 10. The zero-order chi connectivity index (χ0) is 46.4. The zero-order valence-corrected chi connectivity index (χ0v) is 41.4. The van der Waals surface area contributed by atoms with Crippen molar-refractivity contribution in [2.45, 2.75) is 105 Å². The summed E-state index contributed by atoms with van der Waals surface area (Å²) in [6.45, 7) is 14.6. The number of nitrogens with zero attached hydrogens (tertiary/aromatic N) is 7. The van der Waals surface area contributed by atoms with Crippen LogP contribution in [0.25, 0.3) is 33.4 Å². The van der Waals surface area contributed by atoms with E-state index in [-0.39, 0.29) is 39.0 Å². The summed E-state index contributed by atoms with van der Waals surface area (Å²) < 4.78 is 20.2. The van der Waals surface area contributed by atoms with Gasteiger partial charge in [0.1, 0.15) is 0 Å². The molecule has 2 N–H and O–H groups in total. The molecule has 16 nitrogen and oxygen atoms in total. The van der Waals surface area contributed by atoms with E-state index in [1.54, 1.807) is 31.8 Å². The third kappa shape index (κ3) is 8.86. The minimum absolute atomic E-state index is 0.0650. The number of halogens is 1. The second kappa shape index (κ2) is 19.0. The maximum absolute atomic E-state index is 14.9. The number of cyclic esters (lactones) is 1. The number of nitrogens with one attached hydrogen (secondary N) is 2. The van der Waals surface area contributed by atoms with Crippen LogP contribution in [0.5, 0.6) is 0 Å². The van der Waals surface area contributed by atoms with E-state index < -0.39 is 59.2 Å². The molecule has 0 unspecified atom stereocenters. The van der Waals surface area contributed by atoms with Gasteiger partial charge in [-0.3, -0.25) is 4.98 Å². The molecule has 3 amide bonds. The van der Waals surface area contributed by atoms with Gasteiger partial charge >= 0.3 is 295 Å². The average Bonchev–Trinajstić information content (AvgIpc) is 3.59. The van der Waals surface area contributed by atoms with Crippen molar-refractivity contribution < 1.29 is 33.4 Å². The molecule has 0 saturated carbocycles. The summed E-state index contributed by atoms with van der Waals surface area (Å²) in [6.07, 6.45) is 5.55. The fourth-order valence-corrected chi connectivity index (χ4v) is 16.7. The Bertz CT molecular complexity index is 2630. The number of hydrogen-bond donors (Lipinski definition) is 2. The van der Waals surface area contributed by atoms with Crippen LogP contribution >= 0.6 is 31.2 Å². The first-order valence-electron chi connectivity index (χ1n) is 22.8. The molecule has 8 heterocycles. The Labute approximate surface area is 396 Å². The van der Waals surface area contributed by atoms with E-state index in [1.165, 1.54) is 16.3 Å². The average molecular weight is 1030 g/mol. The van der Waals surface area contributed by atoms with Gasteiger partial charge in [0.25, 0.3) is 0 Å². The molecule has 9 rings (SSSR count). The van der Waals surface area contributed by atoms with Crippen molar-refractivity contribution in [1.29, 1.82) is 0 Å². The summed E-state index contributed by atoms with van der Waals surface area (Å²) in [5, 5.41) is 8.04. The van der Waals surface area contributed by atoms with E-state index in [0.717, 1.165) is 39.0 Å². The standard InChI is InChI=1S/C48H58IN9O7S/c1-8-57-36-16-15-29-21-32(36)33(40(57)31-13-10-17-50-38(31)28(4)63-7)22-48(5,6)26-65-46(61)34-14-11-20-58(55-34)45(60)39(41(64-9-2)44-53-35(29)25-66-44)54-43(59)37-27(3)49(37)47(62)56-23-30(24-56)42-51-18-12-19-52-42/h10,12-13,15-19,21,25,27-28,30,34,37,39,41,55H,8-9,11,14,20,22-24,26H2,1-7H3,(H,54,59)/t27-,28+,34+,37+,39+,41+/m1/s1. The number of likely N-dealkylation sites (tertiary alicyclic amines) is 1. The number of thiazole rings is 1. The Morgan fingerprint density at radius 3 is 2.61 bits per heavy atom. The van der Waals surface area contributed by atoms with E-state index in [9.17, 15) is 19.2 Å². The number of alkyl halides is 2. The van der Waals surface area contributed by atoms with E-state index in [1.807, 2.05) is 37.1 Å². The van der Waals surface area contributed by atoms with Crippen LogP contribution in [0.1, 0.15) is 94.6 Å². The van der Waals surface area contributed by atoms with Gasteiger partial charge in [0.05, 0.1) is 17.5 Å². The monoisotopic (exact) mass is 1030 g/mol. The van der Waals surface area contributed by atoms with Crippen molar-refractivity contribution in [3.8, 4) is 22.5 Å². The number of carbonyl (C=O) groups excluding carboxylic acids is 4. The number of aromatic nitrogens is 5. The molecular weight excluding hydrogens is 974 g/mol. The summed E-state index contributed by atoms with van der Waals surface area (Å²) in [5.74, 6) is -0.465. The molecule has 3 fully saturated rings. The molecule has 6 bridgehead atoms. The SMILES string of the molecule is CCO[C@@H]1c2nc(cs2)-c2ccc3c(c2)c(c(-c2cccnc2[C@H](C)OC)n3CC)CC(C)(C)COC(=O)[C@@H]2CCCN(N2)C(=O)[C@H]1NC(=O)[C@@H]1[C@@H](C)I1C(=O)N1CC(c2ncccn2)C1. The van der Waals surface area contributed by atoms with Gasteiger partial charge in [-0.2, -0.15) is 0 Å². The molecule has 0 spiro atoms. The van der Waals surface area contributed by atoms with Gasteiger partial charge in [-0.05, 0) is 32.4 Å². The number of fused-ring (bicyclic) bond motifs is 6. The normalized spacial score (nSPS) is 24.3. The molecule has 6 atom stereocenters. The van der Waals surface area contributed by atoms with Crippen LogP contribution in [0.4, 0.5) is 4.79 Å².